The van der Waals surface area contributed by atoms with Gasteiger partial charge in [-0.25, -0.2) is 19.5 Å². The fourth-order valence-corrected chi connectivity index (χ4v) is 4.86. The highest BCUT2D eigenvalue weighted by Gasteiger charge is 2.46. The van der Waals surface area contributed by atoms with Crippen LogP contribution in [-0.2, 0) is 20.7 Å². The van der Waals surface area contributed by atoms with E-state index in [1.807, 2.05) is 6.07 Å². The van der Waals surface area contributed by atoms with Crippen molar-refractivity contribution in [1.82, 2.24) is 15.2 Å². The van der Waals surface area contributed by atoms with Crippen LogP contribution in [0.15, 0.2) is 53.9 Å². The number of benzene rings is 2. The van der Waals surface area contributed by atoms with Gasteiger partial charge in [0.2, 0.25) is 5.91 Å². The number of hydrogen-bond donors (Lipinski definition) is 2. The van der Waals surface area contributed by atoms with Gasteiger partial charge >= 0.3 is 12.0 Å². The van der Waals surface area contributed by atoms with Crippen LogP contribution in [0, 0.1) is 0 Å². The van der Waals surface area contributed by atoms with Crippen molar-refractivity contribution in [2.75, 3.05) is 25.6 Å². The van der Waals surface area contributed by atoms with Gasteiger partial charge in [0.15, 0.2) is 22.3 Å². The van der Waals surface area contributed by atoms with Crippen LogP contribution in [0.5, 0.6) is 11.5 Å². The van der Waals surface area contributed by atoms with Gasteiger partial charge in [-0.3, -0.25) is 9.59 Å². The number of esters is 1. The first-order valence-corrected chi connectivity index (χ1v) is 12.2. The summed E-state index contributed by atoms with van der Waals surface area (Å²) in [6, 6.07) is 11.2. The third-order valence-electron chi connectivity index (χ3n) is 5.89. The molecule has 12 heteroatoms. The summed E-state index contributed by atoms with van der Waals surface area (Å²) in [4.78, 5) is 56.9. The normalized spacial score (nSPS) is 17.2. The molecule has 0 spiro atoms. The van der Waals surface area contributed by atoms with E-state index >= 15 is 0 Å². The molecular formula is C25H22N4O7S. The first kappa shape index (κ1) is 24.3. The Morgan fingerprint density at radius 2 is 1.95 bits per heavy atom. The summed E-state index contributed by atoms with van der Waals surface area (Å²) in [7, 11) is 1.23. The van der Waals surface area contributed by atoms with Gasteiger partial charge in [0.05, 0.1) is 7.11 Å². The third kappa shape index (κ3) is 4.83. The Kier molecular flexibility index (Phi) is 6.73. The smallest absolute Gasteiger partial charge is 0.357 e. The van der Waals surface area contributed by atoms with E-state index in [-0.39, 0.29) is 17.2 Å². The summed E-state index contributed by atoms with van der Waals surface area (Å²) >= 11 is 1.02. The second kappa shape index (κ2) is 10.3. The van der Waals surface area contributed by atoms with Gasteiger partial charge in [-0.1, -0.05) is 42.5 Å². The predicted molar refractivity (Wildman–Crippen MR) is 132 cm³/mol. The molecule has 11 nitrogen and oxygen atoms in total. The summed E-state index contributed by atoms with van der Waals surface area (Å²) in [5.74, 6) is -1.01. The monoisotopic (exact) mass is 522 g/mol. The third-order valence-corrected chi connectivity index (χ3v) is 6.65. The number of nitrogens with zero attached hydrogens (tertiary/aromatic N) is 2. The maximum atomic E-state index is 13.6. The number of fused-ring (bicyclic) bond motifs is 1. The summed E-state index contributed by atoms with van der Waals surface area (Å²) in [6.07, 6.45) is 0.0697. The maximum Gasteiger partial charge on any atom is 0.357 e. The minimum atomic E-state index is -1.19. The van der Waals surface area contributed by atoms with Crippen LogP contribution in [0.1, 0.15) is 27.7 Å². The second-order valence-corrected chi connectivity index (χ2v) is 9.04. The van der Waals surface area contributed by atoms with E-state index in [0.29, 0.717) is 30.3 Å². The number of carbonyl (C=O) groups is 4. The Bertz CT molecular complexity index is 1360. The lowest BCUT2D eigenvalue weighted by Crippen LogP contribution is -2.49. The lowest BCUT2D eigenvalue weighted by atomic mass is 10.0. The molecule has 2 unspecified atom stereocenters. The molecule has 0 aliphatic carbocycles. The van der Waals surface area contributed by atoms with Crippen LogP contribution in [0.4, 0.5) is 9.93 Å². The van der Waals surface area contributed by atoms with Crippen molar-refractivity contribution in [1.29, 1.82) is 0 Å². The lowest BCUT2D eigenvalue weighted by Gasteiger charge is -2.25. The molecule has 1 aromatic heterocycles. The molecule has 3 aromatic rings. The van der Waals surface area contributed by atoms with Crippen LogP contribution < -0.4 is 20.1 Å². The molecule has 0 radical (unpaired) electrons. The number of hydrogen-bond acceptors (Lipinski definition) is 9. The largest absolute Gasteiger partial charge is 0.486 e. The van der Waals surface area contributed by atoms with Gasteiger partial charge < -0.3 is 24.8 Å². The number of anilines is 1. The van der Waals surface area contributed by atoms with Gasteiger partial charge in [0.25, 0.3) is 5.91 Å². The number of ether oxygens (including phenoxy) is 3. The molecule has 2 aliphatic rings. The van der Waals surface area contributed by atoms with Gasteiger partial charge in [-0.15, -0.1) is 11.3 Å². The minimum absolute atomic E-state index is 0.0357. The SMILES string of the molecule is COC(=O)c1csc(NC(=O)C(Cc2ccccc2)N2C(=O)NC(c3cccc4c3OCCO4)C2=O)n1. The number of methoxy groups -OCH3 is 1. The van der Waals surface area contributed by atoms with Crippen molar-refractivity contribution in [2.24, 2.45) is 0 Å². The van der Waals surface area contributed by atoms with Crippen LogP contribution in [-0.4, -0.2) is 60.1 Å². The molecule has 0 bridgehead atoms. The topological polar surface area (TPSA) is 136 Å². The highest BCUT2D eigenvalue weighted by Crippen LogP contribution is 2.39. The molecule has 5 rings (SSSR count). The zero-order valence-corrected chi connectivity index (χ0v) is 20.4. The molecule has 0 saturated carbocycles. The van der Waals surface area contributed by atoms with Crippen molar-refractivity contribution in [3.05, 3.63) is 70.7 Å². The highest BCUT2D eigenvalue weighted by molar-refractivity contribution is 7.14. The number of amides is 4. The fraction of sp³-hybridized carbons (Fsp3) is 0.240. The van der Waals surface area contributed by atoms with E-state index in [4.69, 9.17) is 9.47 Å². The van der Waals surface area contributed by atoms with Crippen LogP contribution >= 0.6 is 11.3 Å². The molecule has 190 valence electrons. The fourth-order valence-electron chi connectivity index (χ4n) is 4.18. The Morgan fingerprint density at radius 3 is 2.73 bits per heavy atom. The standard InChI is InChI=1S/C25H22N4O7S/c1-34-23(32)16-13-37-24(26-16)28-21(30)17(12-14-6-3-2-4-7-14)29-22(31)19(27-25(29)33)15-8-5-9-18-20(15)36-11-10-35-18/h2-9,13,17,19H,10-12H2,1H3,(H,27,33)(H,26,28,30). The predicted octanol–water partition coefficient (Wildman–Crippen LogP) is 2.54. The number of aromatic nitrogens is 1. The zero-order chi connectivity index (χ0) is 25.9. The van der Waals surface area contributed by atoms with E-state index in [9.17, 15) is 19.2 Å². The first-order valence-electron chi connectivity index (χ1n) is 11.4. The highest BCUT2D eigenvalue weighted by atomic mass is 32.1. The average Bonchev–Trinajstić information content (AvgIpc) is 3.50. The Balaban J connectivity index is 1.44. The first-order chi connectivity index (χ1) is 18.0. The number of imide groups is 1. The van der Waals surface area contributed by atoms with Crippen LogP contribution in [0.25, 0.3) is 0 Å². The Morgan fingerprint density at radius 1 is 1.16 bits per heavy atom. The van der Waals surface area contributed by atoms with Gasteiger partial charge in [-0.05, 0) is 11.6 Å². The van der Waals surface area contributed by atoms with E-state index in [1.54, 1.807) is 42.5 Å². The van der Waals surface area contributed by atoms with Crippen molar-refractivity contribution < 1.29 is 33.4 Å². The van der Waals surface area contributed by atoms with Crippen molar-refractivity contribution >= 4 is 40.3 Å². The minimum Gasteiger partial charge on any atom is -0.486 e. The van der Waals surface area contributed by atoms with E-state index < -0.39 is 35.9 Å². The molecule has 2 N–H and O–H groups in total. The number of carbonyl (C=O) groups excluding carboxylic acids is 4. The lowest BCUT2D eigenvalue weighted by molar-refractivity contribution is -0.134. The molecule has 3 heterocycles. The summed E-state index contributed by atoms with van der Waals surface area (Å²) in [5.41, 5.74) is 1.23. The Labute approximate surface area is 215 Å². The van der Waals surface area contributed by atoms with Crippen LogP contribution in [0.3, 0.4) is 0 Å². The van der Waals surface area contributed by atoms with Crippen molar-refractivity contribution in [3.63, 3.8) is 0 Å². The van der Waals surface area contributed by atoms with Crippen molar-refractivity contribution in [3.8, 4) is 11.5 Å². The van der Waals surface area contributed by atoms with Gasteiger partial charge in [0.1, 0.15) is 25.3 Å². The average molecular weight is 523 g/mol. The maximum absolute atomic E-state index is 13.6. The zero-order valence-electron chi connectivity index (χ0n) is 19.6. The number of nitrogens with one attached hydrogen (secondary N) is 2. The van der Waals surface area contributed by atoms with Gasteiger partial charge in [0, 0.05) is 17.4 Å². The number of rotatable bonds is 7. The number of urea groups is 1. The molecule has 2 aromatic carbocycles. The molecule has 1 saturated heterocycles. The number of thiazole rings is 1. The summed E-state index contributed by atoms with van der Waals surface area (Å²) in [5, 5.41) is 6.88. The molecular weight excluding hydrogens is 500 g/mol. The quantitative estimate of drug-likeness (QED) is 0.357. The molecule has 37 heavy (non-hydrogen) atoms. The molecule has 4 amide bonds. The second-order valence-electron chi connectivity index (χ2n) is 8.19. The van der Waals surface area contributed by atoms with Gasteiger partial charge in [-0.2, -0.15) is 0 Å². The Hall–Kier alpha value is -4.45. The van der Waals surface area contributed by atoms with E-state index in [0.717, 1.165) is 21.8 Å². The van der Waals surface area contributed by atoms with E-state index in [1.165, 1.54) is 12.5 Å². The number of para-hydroxylation sites is 1. The van der Waals surface area contributed by atoms with E-state index in [2.05, 4.69) is 20.4 Å². The van der Waals surface area contributed by atoms with Crippen molar-refractivity contribution in [2.45, 2.75) is 18.5 Å². The summed E-state index contributed by atoms with van der Waals surface area (Å²) in [6.45, 7) is 0.685. The molecule has 1 fully saturated rings. The molecule has 2 aliphatic heterocycles. The van der Waals surface area contributed by atoms with Crippen LogP contribution in [0.2, 0.25) is 0 Å². The molecule has 2 atom stereocenters. The summed E-state index contributed by atoms with van der Waals surface area (Å²) < 4.78 is 16.0.